The molecule has 9 heteroatoms. The molecule has 1 aromatic rings. The Morgan fingerprint density at radius 3 is 2.72 bits per heavy atom. The average Bonchev–Trinajstić information content (AvgIpc) is 2.62. The SMILES string of the molecule is Cc1cc(CN/C=C2\C(=N)C=CN=C2NC(=O)C(C)(C)C)cnc1OCC(F)F. The number of nitrogens with zero attached hydrogens (tertiary/aromatic N) is 2. The number of alkyl halides is 2. The van der Waals surface area contributed by atoms with Gasteiger partial charge in [-0.15, -0.1) is 0 Å². The van der Waals surface area contributed by atoms with Crippen molar-refractivity contribution in [3.63, 3.8) is 0 Å². The summed E-state index contributed by atoms with van der Waals surface area (Å²) in [4.78, 5) is 20.5. The number of hydrogen-bond acceptors (Lipinski definition) is 6. The van der Waals surface area contributed by atoms with E-state index in [2.05, 4.69) is 20.6 Å². The van der Waals surface area contributed by atoms with Crippen LogP contribution >= 0.6 is 0 Å². The predicted octanol–water partition coefficient (Wildman–Crippen LogP) is 3.12. The van der Waals surface area contributed by atoms with Crippen molar-refractivity contribution in [1.29, 1.82) is 5.41 Å². The van der Waals surface area contributed by atoms with Crippen molar-refractivity contribution in [2.75, 3.05) is 6.61 Å². The molecular weight excluding hydrogens is 380 g/mol. The molecule has 3 N–H and O–H groups in total. The standard InChI is InChI=1S/C20H25F2N5O2/c1-12-7-13(9-26-18(12)29-11-16(21)22)8-24-10-14-15(23)5-6-25-17(14)27-19(28)20(2,3)4/h5-7,9-10,16,23-24H,8,11H2,1-4H3,(H,25,27,28)/b14-10+,23-15?. The lowest BCUT2D eigenvalue weighted by Crippen LogP contribution is -2.41. The zero-order chi connectivity index (χ0) is 21.6. The molecule has 0 fully saturated rings. The van der Waals surface area contributed by atoms with Crippen LogP contribution in [0.4, 0.5) is 8.78 Å². The van der Waals surface area contributed by atoms with Gasteiger partial charge in [0.15, 0.2) is 6.61 Å². The number of hydrogen-bond donors (Lipinski definition) is 3. The van der Waals surface area contributed by atoms with E-state index in [1.807, 2.05) is 0 Å². The van der Waals surface area contributed by atoms with E-state index in [0.29, 0.717) is 23.5 Å². The second kappa shape index (κ2) is 9.40. The Morgan fingerprint density at radius 1 is 1.38 bits per heavy atom. The van der Waals surface area contributed by atoms with E-state index in [9.17, 15) is 13.6 Å². The number of halogens is 2. The largest absolute Gasteiger partial charge is 0.471 e. The first-order valence-corrected chi connectivity index (χ1v) is 9.03. The molecule has 0 atom stereocenters. The van der Waals surface area contributed by atoms with E-state index in [1.54, 1.807) is 40.0 Å². The van der Waals surface area contributed by atoms with Crippen LogP contribution in [0.3, 0.4) is 0 Å². The van der Waals surface area contributed by atoms with Crippen molar-refractivity contribution in [3.05, 3.63) is 47.4 Å². The molecule has 0 radical (unpaired) electrons. The zero-order valence-electron chi connectivity index (χ0n) is 16.8. The van der Waals surface area contributed by atoms with Crippen molar-refractivity contribution in [1.82, 2.24) is 15.6 Å². The number of amidine groups is 1. The summed E-state index contributed by atoms with van der Waals surface area (Å²) in [5, 5.41) is 13.9. The third-order valence-electron chi connectivity index (χ3n) is 3.89. The maximum absolute atomic E-state index is 12.3. The van der Waals surface area contributed by atoms with Gasteiger partial charge in [-0.3, -0.25) is 4.79 Å². The Bertz CT molecular complexity index is 870. The second-order valence-electron chi connectivity index (χ2n) is 7.52. The van der Waals surface area contributed by atoms with Crippen molar-refractivity contribution in [3.8, 4) is 5.88 Å². The van der Waals surface area contributed by atoms with Gasteiger partial charge in [0, 0.05) is 36.1 Å². The topological polar surface area (TPSA) is 99.5 Å². The normalized spacial score (nSPS) is 15.5. The third-order valence-corrected chi connectivity index (χ3v) is 3.89. The molecular formula is C20H25F2N5O2. The highest BCUT2D eigenvalue weighted by molar-refractivity contribution is 6.30. The van der Waals surface area contributed by atoms with E-state index < -0.39 is 18.4 Å². The average molecular weight is 405 g/mol. The Labute approximate surface area is 168 Å². The fourth-order valence-electron chi connectivity index (χ4n) is 2.30. The number of ether oxygens (including phenoxy) is 1. The summed E-state index contributed by atoms with van der Waals surface area (Å²) in [5.41, 5.74) is 1.51. The number of aliphatic imine (C=N–C) groups is 1. The number of allylic oxidation sites excluding steroid dienone is 1. The van der Waals surface area contributed by atoms with Crippen molar-refractivity contribution >= 4 is 17.5 Å². The smallest absolute Gasteiger partial charge is 0.272 e. The van der Waals surface area contributed by atoms with Crippen molar-refractivity contribution in [2.24, 2.45) is 10.4 Å². The first-order valence-electron chi connectivity index (χ1n) is 9.03. The molecule has 0 unspecified atom stereocenters. The highest BCUT2D eigenvalue weighted by atomic mass is 19.3. The molecule has 0 bridgehead atoms. The molecule has 1 aliphatic heterocycles. The quantitative estimate of drug-likeness (QED) is 0.677. The summed E-state index contributed by atoms with van der Waals surface area (Å²) in [6.07, 6.45) is 3.56. The first-order chi connectivity index (χ1) is 13.6. The number of carbonyl (C=O) groups is 1. The molecule has 0 spiro atoms. The third kappa shape index (κ3) is 6.48. The van der Waals surface area contributed by atoms with Crippen LogP contribution in [0.1, 0.15) is 31.9 Å². The van der Waals surface area contributed by atoms with Crippen LogP contribution < -0.4 is 15.4 Å². The van der Waals surface area contributed by atoms with Gasteiger partial charge < -0.3 is 20.8 Å². The summed E-state index contributed by atoms with van der Waals surface area (Å²) in [6, 6.07) is 1.78. The lowest BCUT2D eigenvalue weighted by Gasteiger charge is -2.21. The number of aryl methyl sites for hydroxylation is 1. The van der Waals surface area contributed by atoms with Crippen LogP contribution in [0.25, 0.3) is 0 Å². The summed E-state index contributed by atoms with van der Waals surface area (Å²) in [5.74, 6) is 0.269. The fourth-order valence-corrected chi connectivity index (χ4v) is 2.30. The minimum atomic E-state index is -2.56. The summed E-state index contributed by atoms with van der Waals surface area (Å²) < 4.78 is 29.5. The van der Waals surface area contributed by atoms with Crippen molar-refractivity contribution in [2.45, 2.75) is 40.7 Å². The molecule has 0 aromatic carbocycles. The van der Waals surface area contributed by atoms with Gasteiger partial charge in [0.05, 0.1) is 11.3 Å². The minimum Gasteiger partial charge on any atom is -0.471 e. The summed E-state index contributed by atoms with van der Waals surface area (Å²) in [7, 11) is 0. The Hall–Kier alpha value is -3.10. The van der Waals surface area contributed by atoms with Crippen LogP contribution in [0.15, 0.2) is 41.3 Å². The van der Waals surface area contributed by atoms with Crippen molar-refractivity contribution < 1.29 is 18.3 Å². The Balaban J connectivity index is 2.04. The van der Waals surface area contributed by atoms with Crippen LogP contribution in [0.5, 0.6) is 5.88 Å². The molecule has 2 heterocycles. The number of carbonyl (C=O) groups excluding carboxylic acids is 1. The highest BCUT2D eigenvalue weighted by Gasteiger charge is 2.25. The zero-order valence-corrected chi connectivity index (χ0v) is 16.8. The monoisotopic (exact) mass is 405 g/mol. The molecule has 2 rings (SSSR count). The van der Waals surface area contributed by atoms with E-state index in [-0.39, 0.29) is 17.5 Å². The number of pyridine rings is 1. The Kier molecular flexibility index (Phi) is 7.19. The number of aromatic nitrogens is 1. The highest BCUT2D eigenvalue weighted by Crippen LogP contribution is 2.17. The minimum absolute atomic E-state index is 0.172. The van der Waals surface area contributed by atoms with Gasteiger partial charge in [-0.2, -0.15) is 0 Å². The lowest BCUT2D eigenvalue weighted by atomic mass is 9.95. The Morgan fingerprint density at radius 2 is 2.10 bits per heavy atom. The molecule has 156 valence electrons. The molecule has 29 heavy (non-hydrogen) atoms. The summed E-state index contributed by atoms with van der Waals surface area (Å²) >= 11 is 0. The first kappa shape index (κ1) is 22.2. The van der Waals surface area contributed by atoms with Gasteiger partial charge in [0.2, 0.25) is 11.8 Å². The predicted molar refractivity (Wildman–Crippen MR) is 107 cm³/mol. The van der Waals surface area contributed by atoms with Gasteiger partial charge >= 0.3 is 0 Å². The van der Waals surface area contributed by atoms with E-state index in [4.69, 9.17) is 10.1 Å². The molecule has 0 aliphatic carbocycles. The van der Waals surface area contributed by atoms with E-state index in [0.717, 1.165) is 5.56 Å². The van der Waals surface area contributed by atoms with Gasteiger partial charge in [-0.25, -0.2) is 18.8 Å². The van der Waals surface area contributed by atoms with Crippen LogP contribution in [-0.4, -0.2) is 35.5 Å². The number of nitrogens with one attached hydrogen (secondary N) is 3. The van der Waals surface area contributed by atoms with Gasteiger partial charge in [-0.1, -0.05) is 20.8 Å². The van der Waals surface area contributed by atoms with Crippen LogP contribution in [0.2, 0.25) is 0 Å². The molecule has 0 saturated heterocycles. The van der Waals surface area contributed by atoms with Gasteiger partial charge in [0.1, 0.15) is 5.84 Å². The fraction of sp³-hybridized carbons (Fsp3) is 0.400. The molecule has 1 amide bonds. The maximum atomic E-state index is 12.3. The maximum Gasteiger partial charge on any atom is 0.272 e. The molecule has 7 nitrogen and oxygen atoms in total. The molecule has 0 saturated carbocycles. The van der Waals surface area contributed by atoms with Gasteiger partial charge in [0.25, 0.3) is 6.43 Å². The van der Waals surface area contributed by atoms with E-state index in [1.165, 1.54) is 18.5 Å². The van der Waals surface area contributed by atoms with Crippen LogP contribution in [-0.2, 0) is 11.3 Å². The molecule has 1 aliphatic rings. The van der Waals surface area contributed by atoms with Gasteiger partial charge in [-0.05, 0) is 24.6 Å². The lowest BCUT2D eigenvalue weighted by molar-refractivity contribution is -0.126. The second-order valence-corrected chi connectivity index (χ2v) is 7.52. The number of amides is 1. The summed E-state index contributed by atoms with van der Waals surface area (Å²) in [6.45, 7) is 6.78. The number of rotatable bonds is 6. The molecule has 1 aromatic heterocycles. The van der Waals surface area contributed by atoms with E-state index >= 15 is 0 Å². The van der Waals surface area contributed by atoms with Crippen LogP contribution in [0, 0.1) is 17.7 Å².